The molecule has 1 atom stereocenters. The number of hydrogen-bond donors (Lipinski definition) is 2. The number of halogens is 1. The van der Waals surface area contributed by atoms with Crippen molar-refractivity contribution in [2.45, 2.75) is 12.8 Å². The van der Waals surface area contributed by atoms with Crippen LogP contribution in [0.2, 0.25) is 5.02 Å². The van der Waals surface area contributed by atoms with Gasteiger partial charge in [-0.2, -0.15) is 0 Å². The average Bonchev–Trinajstić information content (AvgIpc) is 2.18. The molecule has 1 aromatic rings. The number of rotatable bonds is 4. The summed E-state index contributed by atoms with van der Waals surface area (Å²) in [5.41, 5.74) is 6.08. The van der Waals surface area contributed by atoms with E-state index in [1.165, 1.54) is 12.1 Å². The number of anilines is 1. The van der Waals surface area contributed by atoms with Crippen molar-refractivity contribution in [2.75, 3.05) is 11.0 Å². The van der Waals surface area contributed by atoms with E-state index in [0.29, 0.717) is 5.56 Å². The van der Waals surface area contributed by atoms with Crippen molar-refractivity contribution < 1.29 is 13.2 Å². The molecule has 0 spiro atoms. The molecule has 0 aliphatic rings. The summed E-state index contributed by atoms with van der Waals surface area (Å²) in [4.78, 5) is 11.0. The van der Waals surface area contributed by atoms with E-state index in [0.717, 1.165) is 6.26 Å². The van der Waals surface area contributed by atoms with E-state index >= 15 is 0 Å². The van der Waals surface area contributed by atoms with Gasteiger partial charge in [-0.15, -0.1) is 0 Å². The molecule has 7 heteroatoms. The first-order chi connectivity index (χ1) is 7.70. The first-order valence-corrected chi connectivity index (χ1v) is 7.04. The van der Waals surface area contributed by atoms with E-state index in [1.54, 1.807) is 13.0 Å². The van der Waals surface area contributed by atoms with Gasteiger partial charge in [0.05, 0.1) is 22.9 Å². The molecule has 1 aromatic carbocycles. The Bertz CT molecular complexity index is 542. The maximum absolute atomic E-state index is 11.0. The zero-order chi connectivity index (χ0) is 13.2. The summed E-state index contributed by atoms with van der Waals surface area (Å²) in [5.74, 6) is -0.940. The number of carbonyl (C=O) groups is 1. The van der Waals surface area contributed by atoms with Gasteiger partial charge in [0.2, 0.25) is 15.9 Å². The third-order valence-corrected chi connectivity index (χ3v) is 3.12. The summed E-state index contributed by atoms with van der Waals surface area (Å²) in [6.07, 6.45) is 1.03. The number of sulfonamides is 1. The normalized spacial score (nSPS) is 13.1. The molecule has 0 bridgehead atoms. The smallest absolute Gasteiger partial charge is 0.229 e. The molecule has 1 rings (SSSR count). The molecule has 0 aliphatic heterocycles. The number of nitrogens with two attached hydrogens (primary N) is 1. The number of hydrogen-bond acceptors (Lipinski definition) is 3. The van der Waals surface area contributed by atoms with Gasteiger partial charge in [-0.3, -0.25) is 9.52 Å². The molecule has 0 saturated heterocycles. The van der Waals surface area contributed by atoms with Gasteiger partial charge in [-0.05, 0) is 24.6 Å². The minimum Gasteiger partial charge on any atom is -0.369 e. The van der Waals surface area contributed by atoms with Crippen molar-refractivity contribution in [3.05, 3.63) is 28.8 Å². The lowest BCUT2D eigenvalue weighted by Crippen LogP contribution is -2.18. The van der Waals surface area contributed by atoms with Crippen LogP contribution in [0.3, 0.4) is 0 Å². The Morgan fingerprint density at radius 1 is 1.47 bits per heavy atom. The van der Waals surface area contributed by atoms with Crippen molar-refractivity contribution in [3.63, 3.8) is 0 Å². The fourth-order valence-electron chi connectivity index (χ4n) is 1.25. The highest BCUT2D eigenvalue weighted by atomic mass is 35.5. The topological polar surface area (TPSA) is 89.3 Å². The lowest BCUT2D eigenvalue weighted by molar-refractivity contribution is -0.119. The SMILES string of the molecule is C[C@H](C(N)=O)c1ccc(NS(C)(=O)=O)c(Cl)c1. The highest BCUT2D eigenvalue weighted by Gasteiger charge is 2.14. The molecule has 0 aromatic heterocycles. The van der Waals surface area contributed by atoms with Crippen LogP contribution in [0.1, 0.15) is 18.4 Å². The van der Waals surface area contributed by atoms with E-state index in [-0.39, 0.29) is 10.7 Å². The maximum atomic E-state index is 11.0. The number of nitrogens with one attached hydrogen (secondary N) is 1. The second kappa shape index (κ2) is 4.93. The monoisotopic (exact) mass is 276 g/mol. The van der Waals surface area contributed by atoms with Gasteiger partial charge in [0, 0.05) is 0 Å². The Labute approximate surface area is 105 Å². The van der Waals surface area contributed by atoms with Crippen molar-refractivity contribution in [1.82, 2.24) is 0 Å². The van der Waals surface area contributed by atoms with Crippen LogP contribution >= 0.6 is 11.6 Å². The third-order valence-electron chi connectivity index (χ3n) is 2.22. The molecule has 0 unspecified atom stereocenters. The molecule has 94 valence electrons. The van der Waals surface area contributed by atoms with Gasteiger partial charge in [0.1, 0.15) is 0 Å². The number of primary amides is 1. The van der Waals surface area contributed by atoms with Gasteiger partial charge >= 0.3 is 0 Å². The molecule has 5 nitrogen and oxygen atoms in total. The van der Waals surface area contributed by atoms with Gasteiger partial charge in [0.25, 0.3) is 0 Å². The summed E-state index contributed by atoms with van der Waals surface area (Å²) in [6, 6.07) is 4.62. The van der Waals surface area contributed by atoms with Crippen LogP contribution in [-0.4, -0.2) is 20.6 Å². The molecule has 0 heterocycles. The van der Waals surface area contributed by atoms with Crippen LogP contribution in [0.25, 0.3) is 0 Å². The van der Waals surface area contributed by atoms with Crippen LogP contribution in [0.15, 0.2) is 18.2 Å². The zero-order valence-electron chi connectivity index (χ0n) is 9.40. The third kappa shape index (κ3) is 3.90. The van der Waals surface area contributed by atoms with E-state index in [2.05, 4.69) is 4.72 Å². The van der Waals surface area contributed by atoms with E-state index < -0.39 is 21.8 Å². The molecule has 0 radical (unpaired) electrons. The van der Waals surface area contributed by atoms with Gasteiger partial charge < -0.3 is 5.73 Å². The number of benzene rings is 1. The van der Waals surface area contributed by atoms with Gasteiger partial charge in [-0.25, -0.2) is 8.42 Å². The summed E-state index contributed by atoms with van der Waals surface area (Å²) >= 11 is 5.91. The standard InChI is InChI=1S/C10H13ClN2O3S/c1-6(10(12)14)7-3-4-9(8(11)5-7)13-17(2,15)16/h3-6,13H,1-2H3,(H2,12,14)/t6-/m0/s1. The fourth-order valence-corrected chi connectivity index (χ4v) is 2.12. The van der Waals surface area contributed by atoms with Gasteiger partial charge in [-0.1, -0.05) is 17.7 Å². The predicted molar refractivity (Wildman–Crippen MR) is 67.5 cm³/mol. The molecule has 1 amide bonds. The Balaban J connectivity index is 3.06. The zero-order valence-corrected chi connectivity index (χ0v) is 11.0. The Morgan fingerprint density at radius 3 is 2.47 bits per heavy atom. The maximum Gasteiger partial charge on any atom is 0.229 e. The second-order valence-corrected chi connectivity index (χ2v) is 5.89. The molecule has 17 heavy (non-hydrogen) atoms. The van der Waals surface area contributed by atoms with Crippen LogP contribution in [-0.2, 0) is 14.8 Å². The van der Waals surface area contributed by atoms with Crippen molar-refractivity contribution >= 4 is 33.2 Å². The van der Waals surface area contributed by atoms with Crippen LogP contribution < -0.4 is 10.5 Å². The summed E-state index contributed by atoms with van der Waals surface area (Å²) in [5, 5.41) is 0.223. The molecule has 0 fully saturated rings. The number of amides is 1. The highest BCUT2D eigenvalue weighted by molar-refractivity contribution is 7.92. The Hall–Kier alpha value is -1.27. The quantitative estimate of drug-likeness (QED) is 0.869. The lowest BCUT2D eigenvalue weighted by atomic mass is 10.0. The molecular weight excluding hydrogens is 264 g/mol. The Morgan fingerprint density at radius 2 is 2.06 bits per heavy atom. The molecule has 0 aliphatic carbocycles. The van der Waals surface area contributed by atoms with Gasteiger partial charge in [0.15, 0.2) is 0 Å². The van der Waals surface area contributed by atoms with Crippen LogP contribution in [0.5, 0.6) is 0 Å². The minimum absolute atomic E-state index is 0.223. The average molecular weight is 277 g/mol. The largest absolute Gasteiger partial charge is 0.369 e. The van der Waals surface area contributed by atoms with E-state index in [9.17, 15) is 13.2 Å². The van der Waals surface area contributed by atoms with Crippen LogP contribution in [0, 0.1) is 0 Å². The molecular formula is C10H13ClN2O3S. The highest BCUT2D eigenvalue weighted by Crippen LogP contribution is 2.27. The lowest BCUT2D eigenvalue weighted by Gasteiger charge is -2.11. The Kier molecular flexibility index (Phi) is 4.00. The fraction of sp³-hybridized carbons (Fsp3) is 0.300. The van der Waals surface area contributed by atoms with E-state index in [1.807, 2.05) is 0 Å². The molecule has 0 saturated carbocycles. The van der Waals surface area contributed by atoms with Crippen molar-refractivity contribution in [1.29, 1.82) is 0 Å². The number of carbonyl (C=O) groups excluding carboxylic acids is 1. The van der Waals surface area contributed by atoms with Crippen molar-refractivity contribution in [2.24, 2.45) is 5.73 Å². The van der Waals surface area contributed by atoms with Crippen LogP contribution in [0.4, 0.5) is 5.69 Å². The summed E-state index contributed by atoms with van der Waals surface area (Å²) < 4.78 is 24.3. The summed E-state index contributed by atoms with van der Waals surface area (Å²) in [6.45, 7) is 1.65. The van der Waals surface area contributed by atoms with Crippen molar-refractivity contribution in [3.8, 4) is 0 Å². The predicted octanol–water partition coefficient (Wildman–Crippen LogP) is 1.30. The van der Waals surface area contributed by atoms with E-state index in [4.69, 9.17) is 17.3 Å². The second-order valence-electron chi connectivity index (χ2n) is 3.74. The molecule has 3 N–H and O–H groups in total. The summed E-state index contributed by atoms with van der Waals surface area (Å²) in [7, 11) is -3.38. The first kappa shape index (κ1) is 13.8. The first-order valence-electron chi connectivity index (χ1n) is 4.77. The minimum atomic E-state index is -3.38.